The Kier molecular flexibility index (Phi) is 3.24. The lowest BCUT2D eigenvalue weighted by atomic mass is 9.74. The summed E-state index contributed by atoms with van der Waals surface area (Å²) in [4.78, 5) is 18.8. The first-order valence-electron chi connectivity index (χ1n) is 7.64. The molecule has 0 N–H and O–H groups in total. The number of fused-ring (bicyclic) bond motifs is 1. The third-order valence-corrected chi connectivity index (χ3v) is 5.44. The number of carbonyl (C=O) groups excluding carboxylic acids is 1. The van der Waals surface area contributed by atoms with Gasteiger partial charge < -0.3 is 4.90 Å². The number of halogens is 1. The molecule has 0 radical (unpaired) electrons. The fourth-order valence-corrected chi connectivity index (χ4v) is 3.76. The molecule has 2 aliphatic heterocycles. The number of aromatic nitrogens is 1. The normalized spacial score (nSPS) is 31.2. The first-order valence-corrected chi connectivity index (χ1v) is 7.64. The zero-order valence-electron chi connectivity index (χ0n) is 13.1. The molecule has 3 heterocycles. The van der Waals surface area contributed by atoms with Crippen LogP contribution in [0.25, 0.3) is 0 Å². The Balaban J connectivity index is 1.95. The van der Waals surface area contributed by atoms with Gasteiger partial charge in [0.25, 0.3) is 0 Å². The van der Waals surface area contributed by atoms with Gasteiger partial charge in [0.05, 0.1) is 17.0 Å². The minimum absolute atomic E-state index is 0.0864. The fourth-order valence-electron chi connectivity index (χ4n) is 3.76. The van der Waals surface area contributed by atoms with Crippen LogP contribution < -0.4 is 0 Å². The molecule has 0 aliphatic carbocycles. The number of nitrogens with zero attached hydrogens (tertiary/aromatic N) is 3. The minimum Gasteiger partial charge on any atom is -0.332 e. The summed E-state index contributed by atoms with van der Waals surface area (Å²) in [5, 5.41) is 9.01. The molecular weight excluding hydrogens is 281 g/mol. The monoisotopic (exact) mass is 301 g/mol. The van der Waals surface area contributed by atoms with Gasteiger partial charge in [-0.15, -0.1) is 0 Å². The summed E-state index contributed by atoms with van der Waals surface area (Å²) < 4.78 is 14.6. The van der Waals surface area contributed by atoms with Gasteiger partial charge in [0, 0.05) is 18.4 Å². The molecule has 116 valence electrons. The summed E-state index contributed by atoms with van der Waals surface area (Å²) in [6, 6.07) is 3.85. The molecular formula is C17H20FN3O. The van der Waals surface area contributed by atoms with Crippen molar-refractivity contribution in [3.8, 4) is 6.07 Å². The van der Waals surface area contributed by atoms with Gasteiger partial charge in [0.1, 0.15) is 11.7 Å². The van der Waals surface area contributed by atoms with Crippen LogP contribution in [0.4, 0.5) is 4.39 Å². The van der Waals surface area contributed by atoms with E-state index in [0.717, 1.165) is 18.4 Å². The second kappa shape index (κ2) is 4.77. The average molecular weight is 301 g/mol. The molecule has 4 nitrogen and oxygen atoms in total. The standard InChI is InChI=1S/C17H20FN3O/c1-16(2,18)17(3)7-13-4-5-14(21(13)15(17)22)12-6-11(8-19)9-20-10-12/h6,9-10,13-14H,4-5,7H2,1-3H3/t13-,14-,17+/m0/s1. The first-order chi connectivity index (χ1) is 10.3. The van der Waals surface area contributed by atoms with Crippen LogP contribution in [0.2, 0.25) is 0 Å². The van der Waals surface area contributed by atoms with Crippen LogP contribution in [-0.2, 0) is 4.79 Å². The number of rotatable bonds is 2. The van der Waals surface area contributed by atoms with Crippen LogP contribution in [0.5, 0.6) is 0 Å². The van der Waals surface area contributed by atoms with Crippen molar-refractivity contribution in [2.24, 2.45) is 5.41 Å². The largest absolute Gasteiger partial charge is 0.332 e. The Morgan fingerprint density at radius 2 is 2.18 bits per heavy atom. The van der Waals surface area contributed by atoms with Crippen LogP contribution in [-0.4, -0.2) is 27.5 Å². The Morgan fingerprint density at radius 1 is 1.45 bits per heavy atom. The SMILES string of the molecule is CC(C)(F)[C@]1(C)C[C@@H]2CC[C@@H](c3cncc(C#N)c3)N2C1=O. The molecule has 1 aromatic rings. The molecule has 0 unspecified atom stereocenters. The molecule has 0 aromatic carbocycles. The van der Waals surface area contributed by atoms with Gasteiger partial charge in [-0.05, 0) is 51.7 Å². The van der Waals surface area contributed by atoms with Crippen LogP contribution in [0.15, 0.2) is 18.5 Å². The van der Waals surface area contributed by atoms with E-state index >= 15 is 0 Å². The molecule has 22 heavy (non-hydrogen) atoms. The lowest BCUT2D eigenvalue weighted by Gasteiger charge is -2.34. The number of alkyl halides is 1. The van der Waals surface area contributed by atoms with E-state index in [0.29, 0.717) is 12.0 Å². The van der Waals surface area contributed by atoms with E-state index in [-0.39, 0.29) is 18.0 Å². The van der Waals surface area contributed by atoms with Gasteiger partial charge in [0.2, 0.25) is 5.91 Å². The number of amides is 1. The predicted molar refractivity (Wildman–Crippen MR) is 79.5 cm³/mol. The van der Waals surface area contributed by atoms with Crippen LogP contribution in [0, 0.1) is 16.7 Å². The van der Waals surface area contributed by atoms with Crippen molar-refractivity contribution in [2.75, 3.05) is 0 Å². The van der Waals surface area contributed by atoms with Gasteiger partial charge >= 0.3 is 0 Å². The summed E-state index contributed by atoms with van der Waals surface area (Å²) in [6.07, 6.45) is 5.49. The Labute approximate surface area is 129 Å². The van der Waals surface area contributed by atoms with Crippen molar-refractivity contribution in [3.05, 3.63) is 29.6 Å². The van der Waals surface area contributed by atoms with Gasteiger partial charge in [-0.2, -0.15) is 5.26 Å². The quantitative estimate of drug-likeness (QED) is 0.843. The molecule has 0 spiro atoms. The van der Waals surface area contributed by atoms with E-state index < -0.39 is 11.1 Å². The minimum atomic E-state index is -1.55. The topological polar surface area (TPSA) is 57.0 Å². The lowest BCUT2D eigenvalue weighted by Crippen LogP contribution is -2.45. The van der Waals surface area contributed by atoms with E-state index in [1.807, 2.05) is 4.90 Å². The number of pyridine rings is 1. The maximum Gasteiger partial charge on any atom is 0.232 e. The van der Waals surface area contributed by atoms with Gasteiger partial charge in [0.15, 0.2) is 0 Å². The second-order valence-electron chi connectivity index (χ2n) is 7.09. The highest BCUT2D eigenvalue weighted by Gasteiger charge is 2.60. The zero-order valence-corrected chi connectivity index (χ0v) is 13.1. The number of hydrogen-bond acceptors (Lipinski definition) is 3. The summed E-state index contributed by atoms with van der Waals surface area (Å²) in [6.45, 7) is 4.70. The average Bonchev–Trinajstić information content (AvgIpc) is 2.98. The fraction of sp³-hybridized carbons (Fsp3) is 0.588. The van der Waals surface area contributed by atoms with Gasteiger partial charge in [-0.25, -0.2) is 4.39 Å². The molecule has 2 fully saturated rings. The molecule has 2 aliphatic rings. The van der Waals surface area contributed by atoms with Crippen LogP contribution >= 0.6 is 0 Å². The van der Waals surface area contributed by atoms with Gasteiger partial charge in [-0.1, -0.05) is 0 Å². The maximum absolute atomic E-state index is 14.6. The summed E-state index contributed by atoms with van der Waals surface area (Å²) in [5.41, 5.74) is -1.17. The number of nitriles is 1. The van der Waals surface area contributed by atoms with Crippen molar-refractivity contribution in [1.82, 2.24) is 9.88 Å². The van der Waals surface area contributed by atoms with E-state index in [2.05, 4.69) is 11.1 Å². The Bertz CT molecular complexity index is 661. The first kappa shape index (κ1) is 15.0. The molecule has 1 aromatic heterocycles. The highest BCUT2D eigenvalue weighted by Crippen LogP contribution is 2.53. The molecule has 3 atom stereocenters. The van der Waals surface area contributed by atoms with Crippen molar-refractivity contribution in [2.45, 2.75) is 57.8 Å². The third kappa shape index (κ3) is 2.01. The summed E-state index contributed by atoms with van der Waals surface area (Å²) >= 11 is 0. The molecule has 3 rings (SSSR count). The van der Waals surface area contributed by atoms with Crippen LogP contribution in [0.3, 0.4) is 0 Å². The van der Waals surface area contributed by atoms with E-state index in [4.69, 9.17) is 5.26 Å². The zero-order chi connectivity index (χ0) is 16.1. The maximum atomic E-state index is 14.6. The Hall–Kier alpha value is -1.96. The smallest absolute Gasteiger partial charge is 0.232 e. The summed E-state index contributed by atoms with van der Waals surface area (Å²) in [7, 11) is 0. The van der Waals surface area contributed by atoms with Crippen molar-refractivity contribution >= 4 is 5.91 Å². The highest BCUT2D eigenvalue weighted by molar-refractivity contribution is 5.87. The lowest BCUT2D eigenvalue weighted by molar-refractivity contribution is -0.143. The predicted octanol–water partition coefficient (Wildman–Crippen LogP) is 3.14. The number of carbonyl (C=O) groups is 1. The molecule has 0 bridgehead atoms. The Morgan fingerprint density at radius 3 is 2.82 bits per heavy atom. The van der Waals surface area contributed by atoms with E-state index in [1.165, 1.54) is 20.0 Å². The van der Waals surface area contributed by atoms with Crippen LogP contribution in [0.1, 0.15) is 57.2 Å². The van der Waals surface area contributed by atoms with E-state index in [9.17, 15) is 9.18 Å². The van der Waals surface area contributed by atoms with Gasteiger partial charge in [-0.3, -0.25) is 9.78 Å². The second-order valence-corrected chi connectivity index (χ2v) is 7.09. The summed E-state index contributed by atoms with van der Waals surface area (Å²) in [5.74, 6) is -0.116. The molecule has 2 saturated heterocycles. The molecule has 1 amide bonds. The third-order valence-electron chi connectivity index (χ3n) is 5.44. The van der Waals surface area contributed by atoms with E-state index in [1.54, 1.807) is 19.2 Å². The highest BCUT2D eigenvalue weighted by atomic mass is 19.1. The number of hydrogen-bond donors (Lipinski definition) is 0. The van der Waals surface area contributed by atoms with Crippen molar-refractivity contribution in [3.63, 3.8) is 0 Å². The van der Waals surface area contributed by atoms with Crippen molar-refractivity contribution < 1.29 is 9.18 Å². The molecule has 5 heteroatoms. The van der Waals surface area contributed by atoms with Crippen molar-refractivity contribution in [1.29, 1.82) is 5.26 Å². The molecule has 0 saturated carbocycles.